The summed E-state index contributed by atoms with van der Waals surface area (Å²) >= 11 is 1.67. The van der Waals surface area contributed by atoms with Crippen LogP contribution < -0.4 is 5.32 Å². The summed E-state index contributed by atoms with van der Waals surface area (Å²) in [4.78, 5) is 22.0. The van der Waals surface area contributed by atoms with Crippen molar-refractivity contribution in [3.8, 4) is 0 Å². The summed E-state index contributed by atoms with van der Waals surface area (Å²) in [6.45, 7) is 4.29. The van der Waals surface area contributed by atoms with Crippen LogP contribution in [-0.4, -0.2) is 52.5 Å². The minimum atomic E-state index is 0.0410. The molecule has 4 rings (SSSR count). The molecule has 5 nitrogen and oxygen atoms in total. The van der Waals surface area contributed by atoms with Gasteiger partial charge in [0.15, 0.2) is 0 Å². The maximum atomic E-state index is 13.0. The van der Waals surface area contributed by atoms with E-state index in [1.54, 1.807) is 11.3 Å². The van der Waals surface area contributed by atoms with Gasteiger partial charge in [0.25, 0.3) is 0 Å². The molecule has 0 bridgehead atoms. The second-order valence-electron chi connectivity index (χ2n) is 7.62. The van der Waals surface area contributed by atoms with Crippen LogP contribution in [0.3, 0.4) is 0 Å². The van der Waals surface area contributed by atoms with Crippen molar-refractivity contribution in [3.05, 3.63) is 16.6 Å². The fraction of sp³-hybridized carbons (Fsp3) is 0.778. The van der Waals surface area contributed by atoms with Gasteiger partial charge in [0.1, 0.15) is 5.01 Å². The van der Waals surface area contributed by atoms with Crippen molar-refractivity contribution >= 4 is 17.4 Å². The standard InChI is InChI=1S/C18H28N4OS/c23-17(20-18(7-8-18)14-21-10-3-1-4-11-21)22-12-5-2-6-15(22)16-19-9-13-24-16/h9,13,15H,1-8,10-12,14H2,(H,20,23)/t15-/m0/s1. The van der Waals surface area contributed by atoms with Gasteiger partial charge in [-0.1, -0.05) is 6.42 Å². The summed E-state index contributed by atoms with van der Waals surface area (Å²) in [5, 5.41) is 6.50. The van der Waals surface area contributed by atoms with E-state index in [1.165, 1.54) is 38.8 Å². The Hall–Kier alpha value is -1.14. The number of amides is 2. The second-order valence-corrected chi connectivity index (χ2v) is 8.55. The molecule has 132 valence electrons. The maximum Gasteiger partial charge on any atom is 0.318 e. The van der Waals surface area contributed by atoms with Gasteiger partial charge in [-0.25, -0.2) is 9.78 Å². The van der Waals surface area contributed by atoms with Crippen molar-refractivity contribution in [1.29, 1.82) is 0 Å². The lowest BCUT2D eigenvalue weighted by molar-refractivity contribution is 0.139. The first-order chi connectivity index (χ1) is 11.8. The normalized spacial score (nSPS) is 27.0. The number of piperidine rings is 2. The zero-order chi connectivity index (χ0) is 16.4. The highest BCUT2D eigenvalue weighted by atomic mass is 32.1. The minimum absolute atomic E-state index is 0.0410. The van der Waals surface area contributed by atoms with Gasteiger partial charge in [0.2, 0.25) is 0 Å². The molecule has 6 heteroatoms. The van der Waals surface area contributed by atoms with Crippen LogP contribution in [0.15, 0.2) is 11.6 Å². The average molecular weight is 349 g/mol. The molecule has 0 aromatic carbocycles. The Balaban J connectivity index is 1.39. The molecule has 2 amide bonds. The van der Waals surface area contributed by atoms with Gasteiger partial charge in [0, 0.05) is 24.7 Å². The third kappa shape index (κ3) is 3.59. The van der Waals surface area contributed by atoms with E-state index in [-0.39, 0.29) is 17.6 Å². The zero-order valence-corrected chi connectivity index (χ0v) is 15.2. The third-order valence-corrected chi connectivity index (χ3v) is 6.58. The van der Waals surface area contributed by atoms with Gasteiger partial charge in [-0.15, -0.1) is 11.3 Å². The molecule has 1 saturated carbocycles. The lowest BCUT2D eigenvalue weighted by Gasteiger charge is -2.37. The SMILES string of the molecule is O=C(NC1(CN2CCCCC2)CC1)N1CCCC[C@H]1c1nccs1. The van der Waals surface area contributed by atoms with E-state index >= 15 is 0 Å². The van der Waals surface area contributed by atoms with Gasteiger partial charge in [-0.3, -0.25) is 0 Å². The molecule has 1 atom stereocenters. The number of hydrogen-bond acceptors (Lipinski definition) is 4. The summed E-state index contributed by atoms with van der Waals surface area (Å²) in [6, 6.07) is 0.300. The molecule has 3 fully saturated rings. The Morgan fingerprint density at radius 3 is 2.71 bits per heavy atom. The molecule has 3 heterocycles. The van der Waals surface area contributed by atoms with E-state index in [0.717, 1.165) is 43.8 Å². The number of nitrogens with one attached hydrogen (secondary N) is 1. The van der Waals surface area contributed by atoms with E-state index < -0.39 is 0 Å². The number of nitrogens with zero attached hydrogens (tertiary/aromatic N) is 3. The smallest absolute Gasteiger partial charge is 0.318 e. The Bertz CT molecular complexity index is 551. The van der Waals surface area contributed by atoms with Crippen LogP contribution >= 0.6 is 11.3 Å². The number of carbonyl (C=O) groups excluding carboxylic acids is 1. The van der Waals surface area contributed by atoms with E-state index in [9.17, 15) is 4.79 Å². The summed E-state index contributed by atoms with van der Waals surface area (Å²) in [6.07, 6.45) is 11.4. The van der Waals surface area contributed by atoms with Crippen LogP contribution in [0.1, 0.15) is 62.4 Å². The number of thiazole rings is 1. The van der Waals surface area contributed by atoms with Crippen LogP contribution in [-0.2, 0) is 0 Å². The molecule has 1 aliphatic carbocycles. The van der Waals surface area contributed by atoms with E-state index in [0.29, 0.717) is 0 Å². The lowest BCUT2D eigenvalue weighted by Crippen LogP contribution is -2.53. The first-order valence-electron chi connectivity index (χ1n) is 9.46. The third-order valence-electron chi connectivity index (χ3n) is 5.70. The fourth-order valence-electron chi connectivity index (χ4n) is 4.15. The first kappa shape index (κ1) is 16.3. The predicted molar refractivity (Wildman–Crippen MR) is 96.2 cm³/mol. The van der Waals surface area contributed by atoms with Crippen molar-refractivity contribution in [2.75, 3.05) is 26.2 Å². The van der Waals surface area contributed by atoms with Crippen LogP contribution in [0.2, 0.25) is 0 Å². The zero-order valence-electron chi connectivity index (χ0n) is 14.4. The van der Waals surface area contributed by atoms with Crippen molar-refractivity contribution in [2.24, 2.45) is 0 Å². The van der Waals surface area contributed by atoms with Crippen LogP contribution in [0, 0.1) is 0 Å². The molecule has 1 N–H and O–H groups in total. The lowest BCUT2D eigenvalue weighted by atomic mass is 10.0. The Labute approximate surface area is 148 Å². The molecular weight excluding hydrogens is 320 g/mol. The second kappa shape index (κ2) is 7.00. The highest BCUT2D eigenvalue weighted by molar-refractivity contribution is 7.09. The number of likely N-dealkylation sites (tertiary alicyclic amines) is 2. The van der Waals surface area contributed by atoms with Crippen molar-refractivity contribution in [1.82, 2.24) is 20.1 Å². The largest absolute Gasteiger partial charge is 0.331 e. The number of aromatic nitrogens is 1. The Morgan fingerprint density at radius 2 is 2.00 bits per heavy atom. The molecule has 1 aromatic heterocycles. The predicted octanol–water partition coefficient (Wildman–Crippen LogP) is 3.40. The van der Waals surface area contributed by atoms with Crippen LogP contribution in [0.5, 0.6) is 0 Å². The molecule has 2 aliphatic heterocycles. The van der Waals surface area contributed by atoms with Crippen molar-refractivity contribution in [2.45, 2.75) is 62.9 Å². The van der Waals surface area contributed by atoms with E-state index in [4.69, 9.17) is 0 Å². The maximum absolute atomic E-state index is 13.0. The summed E-state index contributed by atoms with van der Waals surface area (Å²) in [5.41, 5.74) is 0.0410. The molecule has 3 aliphatic rings. The highest BCUT2D eigenvalue weighted by Crippen LogP contribution is 2.38. The first-order valence-corrected chi connectivity index (χ1v) is 10.3. The Morgan fingerprint density at radius 1 is 1.21 bits per heavy atom. The highest BCUT2D eigenvalue weighted by Gasteiger charge is 2.46. The summed E-state index contributed by atoms with van der Waals surface area (Å²) < 4.78 is 0. The molecule has 2 saturated heterocycles. The monoisotopic (exact) mass is 348 g/mol. The number of carbonyl (C=O) groups is 1. The van der Waals surface area contributed by atoms with Crippen LogP contribution in [0.25, 0.3) is 0 Å². The number of hydrogen-bond donors (Lipinski definition) is 1. The van der Waals surface area contributed by atoms with Gasteiger partial charge < -0.3 is 15.1 Å². The molecule has 0 spiro atoms. The average Bonchev–Trinajstić information content (AvgIpc) is 3.14. The molecular formula is C18H28N4OS. The van der Waals surface area contributed by atoms with Gasteiger partial charge in [0.05, 0.1) is 11.6 Å². The van der Waals surface area contributed by atoms with E-state index in [2.05, 4.69) is 15.2 Å². The van der Waals surface area contributed by atoms with Crippen molar-refractivity contribution < 1.29 is 4.79 Å². The van der Waals surface area contributed by atoms with Gasteiger partial charge in [-0.05, 0) is 58.0 Å². The molecule has 24 heavy (non-hydrogen) atoms. The summed E-state index contributed by atoms with van der Waals surface area (Å²) in [7, 11) is 0. The topological polar surface area (TPSA) is 48.5 Å². The van der Waals surface area contributed by atoms with E-state index in [1.807, 2.05) is 16.5 Å². The molecule has 1 aromatic rings. The Kier molecular flexibility index (Phi) is 4.77. The quantitative estimate of drug-likeness (QED) is 0.907. The van der Waals surface area contributed by atoms with Gasteiger partial charge >= 0.3 is 6.03 Å². The number of urea groups is 1. The fourth-order valence-corrected chi connectivity index (χ4v) is 4.93. The van der Waals surface area contributed by atoms with Crippen LogP contribution in [0.4, 0.5) is 4.79 Å². The van der Waals surface area contributed by atoms with Gasteiger partial charge in [-0.2, -0.15) is 0 Å². The summed E-state index contributed by atoms with van der Waals surface area (Å²) in [5.74, 6) is 0. The molecule has 0 unspecified atom stereocenters. The molecule has 0 radical (unpaired) electrons. The number of rotatable bonds is 4. The van der Waals surface area contributed by atoms with Crippen molar-refractivity contribution in [3.63, 3.8) is 0 Å². The minimum Gasteiger partial charge on any atom is -0.331 e.